The van der Waals surface area contributed by atoms with Crippen LogP contribution in [0.25, 0.3) is 0 Å². The molecule has 0 bridgehead atoms. The van der Waals surface area contributed by atoms with E-state index in [2.05, 4.69) is 25.7 Å². The van der Waals surface area contributed by atoms with Crippen molar-refractivity contribution in [2.45, 2.75) is 71.1 Å². The highest BCUT2D eigenvalue weighted by atomic mass is 35.5. The Hall–Kier alpha value is -3.01. The first-order chi connectivity index (χ1) is 21.4. The van der Waals surface area contributed by atoms with Gasteiger partial charge in [-0.25, -0.2) is 4.99 Å². The number of fused-ring (bicyclic) bond motifs is 1. The van der Waals surface area contributed by atoms with E-state index in [9.17, 15) is 14.4 Å². The molecule has 2 fully saturated rings. The van der Waals surface area contributed by atoms with Crippen LogP contribution in [0.1, 0.15) is 64.6 Å². The average Bonchev–Trinajstić information content (AvgIpc) is 3.70. The minimum atomic E-state index is -0.652. The minimum Gasteiger partial charge on any atom is -0.337 e. The van der Waals surface area contributed by atoms with Gasteiger partial charge < -0.3 is 19.6 Å². The van der Waals surface area contributed by atoms with E-state index in [0.29, 0.717) is 47.6 Å². The van der Waals surface area contributed by atoms with Crippen LogP contribution in [0.15, 0.2) is 64.1 Å². The van der Waals surface area contributed by atoms with Crippen molar-refractivity contribution >= 4 is 57.9 Å². The molecule has 4 aliphatic heterocycles. The minimum absolute atomic E-state index is 0.0174. The number of hydrogen-bond donors (Lipinski definition) is 0. The third-order valence-corrected chi connectivity index (χ3v) is 11.1. The highest BCUT2D eigenvalue weighted by Gasteiger charge is 2.54. The van der Waals surface area contributed by atoms with Crippen LogP contribution in [0, 0.1) is 5.92 Å². The van der Waals surface area contributed by atoms with E-state index in [1.165, 1.54) is 11.8 Å². The van der Waals surface area contributed by atoms with Gasteiger partial charge in [0.2, 0.25) is 11.8 Å². The number of piperazine rings is 1. The summed E-state index contributed by atoms with van der Waals surface area (Å²) in [4.78, 5) is 53.9. The van der Waals surface area contributed by atoms with Crippen molar-refractivity contribution in [2.75, 3.05) is 26.2 Å². The molecule has 0 radical (unpaired) electrons. The molecule has 3 amide bonds. The van der Waals surface area contributed by atoms with Crippen LogP contribution in [-0.2, 0) is 19.9 Å². The fraction of sp³-hybridized carbons (Fsp3) is 0.471. The van der Waals surface area contributed by atoms with Gasteiger partial charge in [-0.3, -0.25) is 14.4 Å². The summed E-state index contributed by atoms with van der Waals surface area (Å²) in [5.41, 5.74) is 2.33. The molecule has 0 aliphatic carbocycles. The molecule has 0 unspecified atom stereocenters. The highest BCUT2D eigenvalue weighted by Crippen LogP contribution is 2.56. The molecule has 0 N–H and O–H groups in total. The van der Waals surface area contributed by atoms with Gasteiger partial charge in [-0.15, -0.1) is 0 Å². The van der Waals surface area contributed by atoms with Crippen molar-refractivity contribution in [1.82, 2.24) is 19.6 Å². The largest absolute Gasteiger partial charge is 0.337 e. The number of aliphatic imine (C=N–C) groups is 1. The van der Waals surface area contributed by atoms with E-state index in [-0.39, 0.29) is 35.7 Å². The number of halogens is 2. The summed E-state index contributed by atoms with van der Waals surface area (Å²) in [7, 11) is 0. The molecule has 8 nitrogen and oxygen atoms in total. The number of likely N-dealkylation sites (tertiary alicyclic amines) is 1. The molecule has 4 heterocycles. The molecule has 0 aromatic heterocycles. The van der Waals surface area contributed by atoms with Crippen molar-refractivity contribution in [1.29, 1.82) is 0 Å². The average molecular weight is 669 g/mol. The lowest BCUT2D eigenvalue weighted by Crippen LogP contribution is -2.58. The van der Waals surface area contributed by atoms with Crippen LogP contribution in [-0.4, -0.2) is 80.8 Å². The summed E-state index contributed by atoms with van der Waals surface area (Å²) in [6, 6.07) is 14.9. The van der Waals surface area contributed by atoms with Gasteiger partial charge in [0.25, 0.3) is 5.91 Å². The van der Waals surface area contributed by atoms with Gasteiger partial charge in [0, 0.05) is 54.9 Å². The Bertz CT molecular complexity index is 1580. The summed E-state index contributed by atoms with van der Waals surface area (Å²) in [5.74, 6) is -0.108. The molecular formula is C34H39Cl2N5O3S. The Labute approximate surface area is 279 Å². The fourth-order valence-electron chi connectivity index (χ4n) is 7.30. The van der Waals surface area contributed by atoms with Crippen LogP contribution in [0.3, 0.4) is 0 Å². The zero-order valence-electron chi connectivity index (χ0n) is 26.3. The number of carbonyl (C=O) groups excluding carboxylic acids is 3. The van der Waals surface area contributed by atoms with Crippen molar-refractivity contribution in [3.63, 3.8) is 0 Å². The van der Waals surface area contributed by atoms with Crippen LogP contribution >= 0.6 is 35.0 Å². The summed E-state index contributed by atoms with van der Waals surface area (Å²) in [6.07, 6.45) is 1.40. The number of allylic oxidation sites excluding steroid dienone is 1. The predicted octanol–water partition coefficient (Wildman–Crippen LogP) is 6.31. The zero-order valence-corrected chi connectivity index (χ0v) is 28.6. The van der Waals surface area contributed by atoms with E-state index >= 15 is 0 Å². The maximum absolute atomic E-state index is 14.5. The number of benzene rings is 2. The number of carbonyl (C=O) groups is 3. The number of hydrogen-bond acceptors (Lipinski definition) is 6. The Morgan fingerprint density at radius 1 is 0.956 bits per heavy atom. The number of nitrogens with zero attached hydrogens (tertiary/aromatic N) is 5. The lowest BCUT2D eigenvalue weighted by molar-refractivity contribution is -0.146. The Morgan fingerprint density at radius 3 is 2.20 bits per heavy atom. The number of thioether (sulfide) groups is 1. The number of rotatable bonds is 5. The first kappa shape index (κ1) is 32.0. The lowest BCUT2D eigenvalue weighted by Gasteiger charge is -2.41. The lowest BCUT2D eigenvalue weighted by atomic mass is 9.81. The second-order valence-corrected chi connectivity index (χ2v) is 14.7. The third kappa shape index (κ3) is 5.65. The van der Waals surface area contributed by atoms with E-state index in [4.69, 9.17) is 28.2 Å². The molecule has 11 heteroatoms. The zero-order chi connectivity index (χ0) is 32.2. The molecular weight excluding hydrogens is 629 g/mol. The molecule has 238 valence electrons. The topological polar surface area (TPSA) is 76.5 Å². The van der Waals surface area contributed by atoms with E-state index in [1.807, 2.05) is 60.4 Å². The summed E-state index contributed by atoms with van der Waals surface area (Å²) < 4.78 is 0. The van der Waals surface area contributed by atoms with E-state index in [1.54, 1.807) is 16.7 Å². The van der Waals surface area contributed by atoms with Crippen LogP contribution in [0.2, 0.25) is 10.0 Å². The Balaban J connectivity index is 1.33. The number of amides is 3. The van der Waals surface area contributed by atoms with Crippen molar-refractivity contribution < 1.29 is 14.4 Å². The maximum Gasteiger partial charge on any atom is 0.263 e. The van der Waals surface area contributed by atoms with Crippen molar-refractivity contribution in [2.24, 2.45) is 10.9 Å². The van der Waals surface area contributed by atoms with Gasteiger partial charge in [-0.05, 0) is 79.8 Å². The van der Waals surface area contributed by atoms with Gasteiger partial charge in [-0.1, -0.05) is 61.3 Å². The molecule has 0 spiro atoms. The second kappa shape index (κ2) is 12.3. The van der Waals surface area contributed by atoms with Crippen molar-refractivity contribution in [3.8, 4) is 0 Å². The monoisotopic (exact) mass is 667 g/mol. The van der Waals surface area contributed by atoms with Crippen molar-refractivity contribution in [3.05, 3.63) is 80.3 Å². The smallest absolute Gasteiger partial charge is 0.263 e. The quantitative estimate of drug-likeness (QED) is 0.374. The predicted molar refractivity (Wildman–Crippen MR) is 180 cm³/mol. The molecule has 2 aromatic rings. The molecule has 4 aliphatic rings. The summed E-state index contributed by atoms with van der Waals surface area (Å²) in [5, 5.41) is 2.08. The molecule has 0 saturated carbocycles. The van der Waals surface area contributed by atoms with Gasteiger partial charge in [0.1, 0.15) is 16.5 Å². The molecule has 6 rings (SSSR count). The second-order valence-electron chi connectivity index (χ2n) is 12.8. The van der Waals surface area contributed by atoms with Crippen LogP contribution in [0.5, 0.6) is 0 Å². The van der Waals surface area contributed by atoms with Gasteiger partial charge in [0.15, 0.2) is 5.17 Å². The van der Waals surface area contributed by atoms with Crippen LogP contribution < -0.4 is 0 Å². The standard InChI is InChI=1S/C34H39Cl2N5O3S/c1-20(2)28-29(32(44)40-16-6-7-27(40)31(43)38-17-18-39(22(4)42)21(3)19-38)45-33-37-34(5,24-10-14-26(36)15-11-24)30(41(28)33)23-8-12-25(35)13-9-23/h8-15,20-21,27,30H,6-7,16-19H2,1-5H3/t21-,27-,30+,34-/m0/s1. The third-order valence-electron chi connectivity index (χ3n) is 9.51. The SMILES string of the molecule is CC(=O)N1CCN(C(=O)[C@@H]2CCCN2C(=O)C2=C(C(C)C)N3C(=N[C@@](C)(c4ccc(Cl)cc4)[C@H]3c3ccc(Cl)cc3)S2)C[C@@H]1C. The van der Waals surface area contributed by atoms with Gasteiger partial charge >= 0.3 is 0 Å². The van der Waals surface area contributed by atoms with Gasteiger partial charge in [0.05, 0.1) is 6.04 Å². The first-order valence-electron chi connectivity index (χ1n) is 15.6. The normalized spacial score (nSPS) is 26.6. The Morgan fingerprint density at radius 2 is 1.60 bits per heavy atom. The van der Waals surface area contributed by atoms with Gasteiger partial charge in [-0.2, -0.15) is 0 Å². The van der Waals surface area contributed by atoms with E-state index < -0.39 is 11.6 Å². The highest BCUT2D eigenvalue weighted by molar-refractivity contribution is 8.18. The maximum atomic E-state index is 14.5. The summed E-state index contributed by atoms with van der Waals surface area (Å²) >= 11 is 14.0. The number of amidine groups is 1. The first-order valence-corrected chi connectivity index (χ1v) is 17.2. The Kier molecular flexibility index (Phi) is 8.74. The molecule has 45 heavy (non-hydrogen) atoms. The molecule has 2 saturated heterocycles. The molecule has 2 aromatic carbocycles. The molecule has 4 atom stereocenters. The summed E-state index contributed by atoms with van der Waals surface area (Å²) in [6.45, 7) is 11.9. The van der Waals surface area contributed by atoms with Crippen LogP contribution in [0.4, 0.5) is 0 Å². The van der Waals surface area contributed by atoms with E-state index in [0.717, 1.165) is 28.4 Å². The fourth-order valence-corrected chi connectivity index (χ4v) is 8.91.